The third kappa shape index (κ3) is 4.85. The van der Waals surface area contributed by atoms with Gasteiger partial charge >= 0.3 is 0 Å². The fraction of sp³-hybridized carbons (Fsp3) is 0.190. The molecule has 0 aliphatic carbocycles. The van der Waals surface area contributed by atoms with Crippen LogP contribution in [0.4, 0.5) is 5.69 Å². The van der Waals surface area contributed by atoms with Crippen LogP contribution in [0.3, 0.4) is 0 Å². The summed E-state index contributed by atoms with van der Waals surface area (Å²) in [6.07, 6.45) is 1.59. The zero-order valence-electron chi connectivity index (χ0n) is 15.2. The van der Waals surface area contributed by atoms with E-state index >= 15 is 0 Å². The second kappa shape index (κ2) is 7.78. The largest absolute Gasteiger partial charge is 0.395 e. The predicted octanol–water partition coefficient (Wildman–Crippen LogP) is 3.32. The Labute approximate surface area is 159 Å². The van der Waals surface area contributed by atoms with Crippen molar-refractivity contribution in [3.63, 3.8) is 0 Å². The first-order chi connectivity index (χ1) is 12.9. The highest BCUT2D eigenvalue weighted by Gasteiger charge is 2.08. The molecule has 0 radical (unpaired) electrons. The first-order valence-electron chi connectivity index (χ1n) is 8.45. The Hall–Kier alpha value is -2.88. The minimum absolute atomic E-state index is 0.0623. The van der Waals surface area contributed by atoms with Crippen molar-refractivity contribution in [2.75, 3.05) is 17.6 Å². The molecule has 27 heavy (non-hydrogen) atoms. The van der Waals surface area contributed by atoms with Crippen molar-refractivity contribution < 1.29 is 13.5 Å². The Balaban J connectivity index is 1.94. The summed E-state index contributed by atoms with van der Waals surface area (Å²) in [4.78, 5) is 4.70. The third-order valence-corrected chi connectivity index (χ3v) is 4.58. The van der Waals surface area contributed by atoms with Gasteiger partial charge < -0.3 is 5.11 Å². The molecule has 1 heterocycles. The number of fused-ring (bicyclic) bond motifs is 1. The van der Waals surface area contributed by atoms with Crippen LogP contribution in [0, 0.1) is 18.8 Å². The monoisotopic (exact) mass is 380 g/mol. The van der Waals surface area contributed by atoms with Crippen molar-refractivity contribution in [3.05, 3.63) is 59.7 Å². The van der Waals surface area contributed by atoms with E-state index in [2.05, 4.69) is 16.6 Å². The quantitative estimate of drug-likeness (QED) is 0.681. The van der Waals surface area contributed by atoms with Crippen molar-refractivity contribution >= 4 is 26.6 Å². The van der Waals surface area contributed by atoms with Gasteiger partial charge in [0.1, 0.15) is 0 Å². The normalized spacial score (nSPS) is 11.1. The van der Waals surface area contributed by atoms with E-state index in [4.69, 9.17) is 10.1 Å². The minimum Gasteiger partial charge on any atom is -0.395 e. The van der Waals surface area contributed by atoms with Crippen molar-refractivity contribution in [1.82, 2.24) is 4.98 Å². The van der Waals surface area contributed by atoms with Gasteiger partial charge in [-0.05, 0) is 48.9 Å². The van der Waals surface area contributed by atoms with Gasteiger partial charge in [0.15, 0.2) is 0 Å². The molecule has 0 atom stereocenters. The van der Waals surface area contributed by atoms with Gasteiger partial charge in [0.25, 0.3) is 0 Å². The minimum atomic E-state index is -3.32. The molecular formula is C21H20N2O3S. The van der Waals surface area contributed by atoms with Gasteiger partial charge in [-0.15, -0.1) is 0 Å². The fourth-order valence-electron chi connectivity index (χ4n) is 2.76. The second-order valence-electron chi connectivity index (χ2n) is 6.28. The number of anilines is 1. The number of aliphatic hydroxyl groups is 1. The summed E-state index contributed by atoms with van der Waals surface area (Å²) in [5.41, 5.74) is 5.05. The lowest BCUT2D eigenvalue weighted by Gasteiger charge is -2.10. The number of sulfonamides is 1. The van der Waals surface area contributed by atoms with Gasteiger partial charge in [0.05, 0.1) is 24.1 Å². The molecule has 3 rings (SSSR count). The van der Waals surface area contributed by atoms with Crippen molar-refractivity contribution in [2.24, 2.45) is 0 Å². The molecule has 6 heteroatoms. The lowest BCUT2D eigenvalue weighted by atomic mass is 10.0. The average molecular weight is 380 g/mol. The Morgan fingerprint density at radius 2 is 1.85 bits per heavy atom. The molecular weight excluding hydrogens is 360 g/mol. The van der Waals surface area contributed by atoms with E-state index in [0.29, 0.717) is 12.1 Å². The van der Waals surface area contributed by atoms with E-state index in [1.54, 1.807) is 12.1 Å². The number of hydrogen-bond acceptors (Lipinski definition) is 4. The van der Waals surface area contributed by atoms with E-state index in [9.17, 15) is 8.42 Å². The van der Waals surface area contributed by atoms with Crippen LogP contribution in [0.1, 0.15) is 17.5 Å². The van der Waals surface area contributed by atoms with E-state index in [-0.39, 0.29) is 6.61 Å². The van der Waals surface area contributed by atoms with Crippen LogP contribution in [0.5, 0.6) is 0 Å². The maximum Gasteiger partial charge on any atom is 0.229 e. The zero-order valence-corrected chi connectivity index (χ0v) is 16.0. The lowest BCUT2D eigenvalue weighted by Crippen LogP contribution is -2.09. The molecule has 0 bridgehead atoms. The van der Waals surface area contributed by atoms with Crippen LogP contribution < -0.4 is 4.72 Å². The Morgan fingerprint density at radius 1 is 1.11 bits per heavy atom. The van der Waals surface area contributed by atoms with E-state index < -0.39 is 10.0 Å². The predicted molar refractivity (Wildman–Crippen MR) is 109 cm³/mol. The topological polar surface area (TPSA) is 79.3 Å². The smallest absolute Gasteiger partial charge is 0.229 e. The van der Waals surface area contributed by atoms with Crippen molar-refractivity contribution in [3.8, 4) is 23.1 Å². The van der Waals surface area contributed by atoms with Gasteiger partial charge in [-0.1, -0.05) is 24.0 Å². The molecule has 3 aromatic rings. The Morgan fingerprint density at radius 3 is 2.52 bits per heavy atom. The van der Waals surface area contributed by atoms with Gasteiger partial charge in [-0.2, -0.15) is 0 Å². The van der Waals surface area contributed by atoms with Gasteiger partial charge in [0.2, 0.25) is 10.0 Å². The van der Waals surface area contributed by atoms with Gasteiger partial charge in [-0.25, -0.2) is 13.4 Å². The molecule has 0 saturated heterocycles. The number of aliphatic hydroxyl groups excluding tert-OH is 1. The highest BCUT2D eigenvalue weighted by atomic mass is 32.2. The highest BCUT2D eigenvalue weighted by molar-refractivity contribution is 7.92. The molecule has 1 aromatic heterocycles. The number of benzene rings is 2. The van der Waals surface area contributed by atoms with Crippen LogP contribution in [0.15, 0.2) is 48.5 Å². The van der Waals surface area contributed by atoms with E-state index in [1.807, 2.05) is 43.3 Å². The first-order valence-corrected chi connectivity index (χ1v) is 10.3. The SMILES string of the molecule is Cc1cc(-c2ccc(C#CCCO)cc2)nc2ccc(NS(C)(=O)=O)cc12. The molecule has 138 valence electrons. The van der Waals surface area contributed by atoms with Crippen molar-refractivity contribution in [1.29, 1.82) is 0 Å². The molecule has 0 aliphatic heterocycles. The molecule has 0 amide bonds. The van der Waals surface area contributed by atoms with Crippen LogP contribution in [0.25, 0.3) is 22.2 Å². The Kier molecular flexibility index (Phi) is 5.45. The zero-order chi connectivity index (χ0) is 19.4. The van der Waals surface area contributed by atoms with Gasteiger partial charge in [-0.3, -0.25) is 4.72 Å². The summed E-state index contributed by atoms with van der Waals surface area (Å²) in [5.74, 6) is 5.90. The first kappa shape index (κ1) is 18.9. The summed E-state index contributed by atoms with van der Waals surface area (Å²) >= 11 is 0. The maximum absolute atomic E-state index is 11.4. The lowest BCUT2D eigenvalue weighted by molar-refractivity contribution is 0.305. The number of nitrogens with one attached hydrogen (secondary N) is 1. The second-order valence-corrected chi connectivity index (χ2v) is 8.03. The molecule has 5 nitrogen and oxygen atoms in total. The highest BCUT2D eigenvalue weighted by Crippen LogP contribution is 2.27. The van der Waals surface area contributed by atoms with Crippen LogP contribution >= 0.6 is 0 Å². The summed E-state index contributed by atoms with van der Waals surface area (Å²) in [6.45, 7) is 2.04. The third-order valence-electron chi connectivity index (χ3n) is 3.97. The number of nitrogens with zero attached hydrogens (tertiary/aromatic N) is 1. The molecule has 0 unspecified atom stereocenters. The van der Waals surface area contributed by atoms with Crippen LogP contribution in [0.2, 0.25) is 0 Å². The van der Waals surface area contributed by atoms with Crippen LogP contribution in [-0.2, 0) is 10.0 Å². The number of rotatable bonds is 4. The summed E-state index contributed by atoms with van der Waals surface area (Å²) in [5, 5.41) is 9.68. The number of hydrogen-bond donors (Lipinski definition) is 2. The van der Waals surface area contributed by atoms with Crippen molar-refractivity contribution in [2.45, 2.75) is 13.3 Å². The molecule has 0 saturated carbocycles. The summed E-state index contributed by atoms with van der Waals surface area (Å²) in [6, 6.07) is 15.1. The number of aromatic nitrogens is 1. The van der Waals surface area contributed by atoms with Gasteiger partial charge in [0, 0.05) is 28.6 Å². The standard InChI is InChI=1S/C21H20N2O3S/c1-15-13-21(17-8-6-16(7-9-17)5-3-4-12-24)22-20-11-10-18(14-19(15)20)23-27(2,25)26/h6-11,13-14,23-24H,4,12H2,1-2H3. The molecule has 2 aromatic carbocycles. The fourth-order valence-corrected chi connectivity index (χ4v) is 3.32. The summed E-state index contributed by atoms with van der Waals surface area (Å²) in [7, 11) is -3.32. The molecule has 0 aliphatic rings. The Bertz CT molecular complexity index is 1140. The molecule has 0 fully saturated rings. The maximum atomic E-state index is 11.4. The van der Waals surface area contributed by atoms with Crippen LogP contribution in [-0.4, -0.2) is 31.4 Å². The van der Waals surface area contributed by atoms with E-state index in [1.165, 1.54) is 0 Å². The van der Waals surface area contributed by atoms with E-state index in [0.717, 1.165) is 39.5 Å². The number of aryl methyl sites for hydroxylation is 1. The number of pyridine rings is 1. The molecule has 0 spiro atoms. The average Bonchev–Trinajstić information content (AvgIpc) is 2.61. The molecule has 2 N–H and O–H groups in total. The summed E-state index contributed by atoms with van der Waals surface area (Å²) < 4.78 is 25.3.